The molecular weight excluding hydrogens is 330 g/mol. The molecule has 1 N–H and O–H groups in total. The minimum atomic E-state index is -0.371. The van der Waals surface area contributed by atoms with Crippen molar-refractivity contribution in [1.82, 2.24) is 15.2 Å². The number of oxazole rings is 1. The van der Waals surface area contributed by atoms with Gasteiger partial charge in [-0.1, -0.05) is 11.6 Å². The van der Waals surface area contributed by atoms with Crippen LogP contribution in [0.25, 0.3) is 11.5 Å². The van der Waals surface area contributed by atoms with Gasteiger partial charge in [-0.05, 0) is 38.4 Å². The normalized spacial score (nSPS) is 13.9. The van der Waals surface area contributed by atoms with Crippen LogP contribution in [0.1, 0.15) is 21.0 Å². The molecule has 0 unspecified atom stereocenters. The van der Waals surface area contributed by atoms with Gasteiger partial charge in [0.05, 0.1) is 5.70 Å². The number of benzene rings is 1. The van der Waals surface area contributed by atoms with Gasteiger partial charge in [0, 0.05) is 29.8 Å². The van der Waals surface area contributed by atoms with Gasteiger partial charge in [-0.15, -0.1) is 0 Å². The number of fused-ring (bicyclic) bond motifs is 1. The SMILES string of the molecule is CN(C)CCNC1=CC(=O)c2oc(-c3ccc(Cl)cc3)nc2C1=O. The summed E-state index contributed by atoms with van der Waals surface area (Å²) < 4.78 is 5.50. The lowest BCUT2D eigenvalue weighted by Gasteiger charge is -2.14. The molecule has 0 radical (unpaired) electrons. The van der Waals surface area contributed by atoms with Crippen LogP contribution in [0.5, 0.6) is 0 Å². The van der Waals surface area contributed by atoms with Gasteiger partial charge in [-0.25, -0.2) is 4.98 Å². The number of Topliss-reactive ketones (excluding diaryl/α,β-unsaturated/α-hetero) is 1. The van der Waals surface area contributed by atoms with E-state index in [4.69, 9.17) is 16.0 Å². The first-order valence-electron chi connectivity index (χ1n) is 7.42. The van der Waals surface area contributed by atoms with Crippen molar-refractivity contribution < 1.29 is 14.0 Å². The van der Waals surface area contributed by atoms with E-state index in [9.17, 15) is 9.59 Å². The fourth-order valence-corrected chi connectivity index (χ4v) is 2.42. The summed E-state index contributed by atoms with van der Waals surface area (Å²) >= 11 is 5.86. The number of allylic oxidation sites excluding steroid dienone is 2. The highest BCUT2D eigenvalue weighted by Crippen LogP contribution is 2.27. The lowest BCUT2D eigenvalue weighted by molar-refractivity contribution is 0.0960. The average Bonchev–Trinajstić information content (AvgIpc) is 2.98. The van der Waals surface area contributed by atoms with Crippen molar-refractivity contribution in [2.75, 3.05) is 27.2 Å². The Morgan fingerprint density at radius 2 is 1.92 bits per heavy atom. The predicted molar refractivity (Wildman–Crippen MR) is 90.2 cm³/mol. The molecule has 0 fully saturated rings. The van der Waals surface area contributed by atoms with Gasteiger partial charge < -0.3 is 14.6 Å². The third-order valence-corrected chi connectivity index (χ3v) is 3.80. The lowest BCUT2D eigenvalue weighted by Crippen LogP contribution is -2.31. The highest BCUT2D eigenvalue weighted by atomic mass is 35.5. The van der Waals surface area contributed by atoms with Gasteiger partial charge in [0.25, 0.3) is 0 Å². The van der Waals surface area contributed by atoms with Crippen molar-refractivity contribution in [3.63, 3.8) is 0 Å². The number of hydrogen-bond acceptors (Lipinski definition) is 6. The molecule has 0 atom stereocenters. The standard InChI is InChI=1S/C17H16ClN3O3/c1-21(2)8-7-19-12-9-13(22)16-14(15(12)23)20-17(24-16)10-3-5-11(18)6-4-10/h3-6,9,19H,7-8H2,1-2H3. The van der Waals surface area contributed by atoms with Crippen LogP contribution in [0, 0.1) is 0 Å². The molecule has 6 nitrogen and oxygen atoms in total. The summed E-state index contributed by atoms with van der Waals surface area (Å²) in [6, 6.07) is 6.82. The van der Waals surface area contributed by atoms with Gasteiger partial charge in [0.1, 0.15) is 0 Å². The van der Waals surface area contributed by atoms with Crippen molar-refractivity contribution in [2.45, 2.75) is 0 Å². The van der Waals surface area contributed by atoms with Crippen molar-refractivity contribution in [2.24, 2.45) is 0 Å². The number of aromatic nitrogens is 1. The zero-order valence-corrected chi connectivity index (χ0v) is 14.1. The van der Waals surface area contributed by atoms with Crippen LogP contribution in [-0.4, -0.2) is 48.6 Å². The van der Waals surface area contributed by atoms with E-state index < -0.39 is 0 Å². The second kappa shape index (κ2) is 6.59. The zero-order valence-electron chi connectivity index (χ0n) is 13.3. The number of hydrogen-bond donors (Lipinski definition) is 1. The summed E-state index contributed by atoms with van der Waals surface area (Å²) in [5.41, 5.74) is 0.932. The Morgan fingerprint density at radius 3 is 2.58 bits per heavy atom. The maximum Gasteiger partial charge on any atom is 0.231 e. The summed E-state index contributed by atoms with van der Waals surface area (Å²) in [4.78, 5) is 30.9. The average molecular weight is 346 g/mol. The van der Waals surface area contributed by atoms with E-state index in [1.54, 1.807) is 24.3 Å². The number of ketones is 2. The van der Waals surface area contributed by atoms with Crippen LogP contribution < -0.4 is 5.32 Å². The van der Waals surface area contributed by atoms with E-state index in [-0.39, 0.29) is 34.6 Å². The molecule has 1 aromatic heterocycles. The molecule has 2 aromatic rings. The molecule has 0 amide bonds. The number of carbonyl (C=O) groups is 2. The molecule has 1 aromatic carbocycles. The molecule has 1 heterocycles. The number of halogens is 1. The number of carbonyl (C=O) groups excluding carboxylic acids is 2. The Balaban J connectivity index is 1.85. The predicted octanol–water partition coefficient (Wildman–Crippen LogP) is 2.41. The molecule has 0 saturated carbocycles. The van der Waals surface area contributed by atoms with Crippen LogP contribution in [0.4, 0.5) is 0 Å². The van der Waals surface area contributed by atoms with Crippen molar-refractivity contribution >= 4 is 23.2 Å². The Kier molecular flexibility index (Phi) is 4.51. The molecule has 7 heteroatoms. The Bertz CT molecular complexity index is 822. The molecule has 124 valence electrons. The van der Waals surface area contributed by atoms with E-state index in [2.05, 4.69) is 10.3 Å². The van der Waals surface area contributed by atoms with Crippen LogP contribution in [0.2, 0.25) is 5.02 Å². The first-order chi connectivity index (χ1) is 11.5. The lowest BCUT2D eigenvalue weighted by atomic mass is 10.0. The second-order valence-corrected chi connectivity index (χ2v) is 6.12. The second-order valence-electron chi connectivity index (χ2n) is 5.69. The highest BCUT2D eigenvalue weighted by molar-refractivity contribution is 6.30. The van der Waals surface area contributed by atoms with Gasteiger partial charge in [0.15, 0.2) is 5.69 Å². The number of rotatable bonds is 5. The molecule has 0 aliphatic heterocycles. The topological polar surface area (TPSA) is 75.4 Å². The Labute approximate surface area is 144 Å². The molecule has 24 heavy (non-hydrogen) atoms. The van der Waals surface area contributed by atoms with Gasteiger partial charge in [-0.2, -0.15) is 0 Å². The summed E-state index contributed by atoms with van der Waals surface area (Å²) in [6.07, 6.45) is 1.26. The van der Waals surface area contributed by atoms with Crippen molar-refractivity contribution in [3.8, 4) is 11.5 Å². The molecule has 3 rings (SSSR count). The van der Waals surface area contributed by atoms with Crippen molar-refractivity contribution in [3.05, 3.63) is 52.5 Å². The zero-order chi connectivity index (χ0) is 17.3. The highest BCUT2D eigenvalue weighted by Gasteiger charge is 2.32. The third-order valence-electron chi connectivity index (χ3n) is 3.55. The Morgan fingerprint density at radius 1 is 1.21 bits per heavy atom. The van der Waals surface area contributed by atoms with Crippen LogP contribution in [0.15, 0.2) is 40.5 Å². The van der Waals surface area contributed by atoms with Gasteiger partial charge in [0.2, 0.25) is 23.2 Å². The monoisotopic (exact) mass is 345 g/mol. The fraction of sp³-hybridized carbons (Fsp3) is 0.235. The van der Waals surface area contributed by atoms with E-state index in [1.807, 2.05) is 19.0 Å². The van der Waals surface area contributed by atoms with Gasteiger partial charge >= 0.3 is 0 Å². The van der Waals surface area contributed by atoms with Crippen LogP contribution in [-0.2, 0) is 0 Å². The van der Waals surface area contributed by atoms with Crippen molar-refractivity contribution in [1.29, 1.82) is 0 Å². The summed E-state index contributed by atoms with van der Waals surface area (Å²) in [6.45, 7) is 1.29. The Hall–Kier alpha value is -2.44. The maximum absolute atomic E-state index is 12.5. The number of likely N-dealkylation sites (N-methyl/N-ethyl adjacent to an activating group) is 1. The summed E-state index contributed by atoms with van der Waals surface area (Å²) in [5, 5.41) is 3.56. The minimum absolute atomic E-state index is 0.0249. The molecular formula is C17H16ClN3O3. The molecule has 0 saturated heterocycles. The number of nitrogens with one attached hydrogen (secondary N) is 1. The number of nitrogens with zero attached hydrogens (tertiary/aromatic N) is 2. The smallest absolute Gasteiger partial charge is 0.231 e. The summed E-state index contributed by atoms with van der Waals surface area (Å²) in [5.74, 6) is -0.513. The van der Waals surface area contributed by atoms with E-state index in [0.29, 0.717) is 17.1 Å². The molecule has 0 spiro atoms. The van der Waals surface area contributed by atoms with Gasteiger partial charge in [-0.3, -0.25) is 9.59 Å². The first-order valence-corrected chi connectivity index (χ1v) is 7.79. The quantitative estimate of drug-likeness (QED) is 0.897. The fourth-order valence-electron chi connectivity index (χ4n) is 2.29. The molecule has 1 aliphatic rings. The summed E-state index contributed by atoms with van der Waals surface area (Å²) in [7, 11) is 3.86. The third kappa shape index (κ3) is 3.25. The minimum Gasteiger partial charge on any atom is -0.432 e. The van der Waals surface area contributed by atoms with Crippen LogP contribution >= 0.6 is 11.6 Å². The largest absolute Gasteiger partial charge is 0.432 e. The maximum atomic E-state index is 12.5. The molecule has 0 bridgehead atoms. The molecule has 1 aliphatic carbocycles. The van der Waals surface area contributed by atoms with Crippen LogP contribution in [0.3, 0.4) is 0 Å². The van der Waals surface area contributed by atoms with E-state index in [0.717, 1.165) is 6.54 Å². The first kappa shape index (κ1) is 16.4. The van der Waals surface area contributed by atoms with E-state index in [1.165, 1.54) is 6.08 Å². The van der Waals surface area contributed by atoms with E-state index >= 15 is 0 Å².